The molecule has 0 heterocycles. The smallest absolute Gasteiger partial charge is 0.407 e. The Morgan fingerprint density at radius 3 is 2.17 bits per heavy atom. The van der Waals surface area contributed by atoms with Crippen molar-refractivity contribution in [2.24, 2.45) is 17.8 Å². The first kappa shape index (κ1) is 19.3. The zero-order valence-corrected chi connectivity index (χ0v) is 15.6. The van der Waals surface area contributed by atoms with Gasteiger partial charge >= 0.3 is 6.09 Å². The van der Waals surface area contributed by atoms with E-state index in [1.165, 1.54) is 70.6 Å². The second kappa shape index (κ2) is 11.5. The number of allylic oxidation sites excluding steroid dienone is 2. The molecule has 0 bridgehead atoms. The van der Waals surface area contributed by atoms with Gasteiger partial charge < -0.3 is 10.1 Å². The Labute approximate surface area is 148 Å². The van der Waals surface area contributed by atoms with Crippen molar-refractivity contribution in [2.75, 3.05) is 13.2 Å². The molecule has 0 spiro atoms. The van der Waals surface area contributed by atoms with Crippen LogP contribution in [0.1, 0.15) is 84.0 Å². The molecule has 2 rings (SSSR count). The fourth-order valence-electron chi connectivity index (χ4n) is 4.11. The average Bonchev–Trinajstić information content (AvgIpc) is 3.21. The Balaban J connectivity index is 1.41. The van der Waals surface area contributed by atoms with E-state index in [1.807, 2.05) is 0 Å². The molecule has 3 heteroatoms. The lowest BCUT2D eigenvalue weighted by molar-refractivity contribution is 0.137. The second-order valence-electron chi connectivity index (χ2n) is 7.62. The van der Waals surface area contributed by atoms with Gasteiger partial charge in [-0.3, -0.25) is 0 Å². The van der Waals surface area contributed by atoms with Gasteiger partial charge in [0, 0.05) is 6.54 Å². The molecule has 1 saturated carbocycles. The number of amides is 1. The summed E-state index contributed by atoms with van der Waals surface area (Å²) in [6.07, 6.45) is 19.7. The Kier molecular flexibility index (Phi) is 9.30. The maximum Gasteiger partial charge on any atom is 0.407 e. The molecule has 3 nitrogen and oxygen atoms in total. The molecule has 0 aliphatic heterocycles. The molecule has 0 radical (unpaired) electrons. The van der Waals surface area contributed by atoms with Gasteiger partial charge in [0.25, 0.3) is 0 Å². The minimum atomic E-state index is -0.213. The highest BCUT2D eigenvalue weighted by molar-refractivity contribution is 5.67. The van der Waals surface area contributed by atoms with Gasteiger partial charge in [-0.15, -0.1) is 0 Å². The number of carbonyl (C=O) groups excluding carboxylic acids is 1. The van der Waals surface area contributed by atoms with Crippen LogP contribution in [0.3, 0.4) is 0 Å². The van der Waals surface area contributed by atoms with Crippen LogP contribution in [0, 0.1) is 17.8 Å². The number of unbranched alkanes of at least 4 members (excludes halogenated alkanes) is 7. The van der Waals surface area contributed by atoms with E-state index in [0.29, 0.717) is 12.5 Å². The number of carbonyl (C=O) groups is 1. The summed E-state index contributed by atoms with van der Waals surface area (Å²) in [5.74, 6) is 2.23. The quantitative estimate of drug-likeness (QED) is 0.380. The summed E-state index contributed by atoms with van der Waals surface area (Å²) in [6, 6.07) is 0. The molecular weight excluding hydrogens is 298 g/mol. The van der Waals surface area contributed by atoms with Crippen molar-refractivity contribution >= 4 is 6.09 Å². The molecule has 138 valence electrons. The lowest BCUT2D eigenvalue weighted by Gasteiger charge is -2.07. The topological polar surface area (TPSA) is 38.3 Å². The van der Waals surface area contributed by atoms with Crippen LogP contribution < -0.4 is 5.32 Å². The molecule has 0 unspecified atom stereocenters. The van der Waals surface area contributed by atoms with Crippen LogP contribution in [0.25, 0.3) is 0 Å². The van der Waals surface area contributed by atoms with Gasteiger partial charge in [0.2, 0.25) is 0 Å². The van der Waals surface area contributed by atoms with Crippen molar-refractivity contribution in [3.63, 3.8) is 0 Å². The summed E-state index contributed by atoms with van der Waals surface area (Å²) in [7, 11) is 0. The molecular formula is C21H37NO2. The lowest BCUT2D eigenvalue weighted by Crippen LogP contribution is -2.26. The van der Waals surface area contributed by atoms with E-state index in [-0.39, 0.29) is 6.09 Å². The standard InChI is InChI=1S/C21H37NO2/c1-2-3-4-5-6-7-10-13-16-22-21(23)24-17-20-18-14-11-8-9-12-15-19(18)20/h8-9,18-20H,2-7,10-17H2,1H3,(H,22,23)/b9-8-/t18-,19+,20-. The van der Waals surface area contributed by atoms with E-state index in [0.717, 1.165) is 24.8 Å². The van der Waals surface area contributed by atoms with Crippen molar-refractivity contribution in [1.82, 2.24) is 5.32 Å². The van der Waals surface area contributed by atoms with Gasteiger partial charge in [-0.05, 0) is 49.9 Å². The average molecular weight is 336 g/mol. The van der Waals surface area contributed by atoms with Crippen LogP contribution in [-0.2, 0) is 4.74 Å². The first-order valence-corrected chi connectivity index (χ1v) is 10.4. The molecule has 24 heavy (non-hydrogen) atoms. The van der Waals surface area contributed by atoms with Crippen LogP contribution in [0.15, 0.2) is 12.2 Å². The summed E-state index contributed by atoms with van der Waals surface area (Å²) in [6.45, 7) is 3.63. The van der Waals surface area contributed by atoms with Gasteiger partial charge in [-0.25, -0.2) is 4.79 Å². The highest BCUT2D eigenvalue weighted by atomic mass is 16.5. The normalized spacial score (nSPS) is 26.8. The molecule has 0 saturated heterocycles. The summed E-state index contributed by atoms with van der Waals surface area (Å²) in [4.78, 5) is 11.8. The fourth-order valence-corrected chi connectivity index (χ4v) is 4.11. The second-order valence-corrected chi connectivity index (χ2v) is 7.62. The van der Waals surface area contributed by atoms with E-state index < -0.39 is 0 Å². The van der Waals surface area contributed by atoms with Crippen LogP contribution in [0.4, 0.5) is 4.79 Å². The molecule has 2 aliphatic rings. The predicted octanol–water partition coefficient (Wildman–Crippen LogP) is 5.85. The third-order valence-corrected chi connectivity index (χ3v) is 5.72. The minimum Gasteiger partial charge on any atom is -0.449 e. The summed E-state index contributed by atoms with van der Waals surface area (Å²) in [5.41, 5.74) is 0. The Morgan fingerprint density at radius 2 is 1.54 bits per heavy atom. The van der Waals surface area contributed by atoms with E-state index >= 15 is 0 Å². The first-order valence-electron chi connectivity index (χ1n) is 10.4. The number of hydrogen-bond acceptors (Lipinski definition) is 2. The number of nitrogens with one attached hydrogen (secondary N) is 1. The van der Waals surface area contributed by atoms with E-state index in [4.69, 9.17) is 4.74 Å². The van der Waals surface area contributed by atoms with Gasteiger partial charge in [0.15, 0.2) is 0 Å². The lowest BCUT2D eigenvalue weighted by atomic mass is 10.1. The molecule has 1 fully saturated rings. The Hall–Kier alpha value is -0.990. The van der Waals surface area contributed by atoms with Gasteiger partial charge in [-0.1, -0.05) is 64.0 Å². The van der Waals surface area contributed by atoms with Crippen molar-refractivity contribution in [3.8, 4) is 0 Å². The van der Waals surface area contributed by atoms with E-state index in [2.05, 4.69) is 24.4 Å². The largest absolute Gasteiger partial charge is 0.449 e. The molecule has 0 aromatic carbocycles. The van der Waals surface area contributed by atoms with Crippen LogP contribution in [0.5, 0.6) is 0 Å². The number of rotatable bonds is 11. The highest BCUT2D eigenvalue weighted by Crippen LogP contribution is 2.52. The van der Waals surface area contributed by atoms with Gasteiger partial charge in [0.1, 0.15) is 0 Å². The molecule has 1 N–H and O–H groups in total. The SMILES string of the molecule is CCCCCCCCCCNC(=O)OC[C@@H]1[C@@H]2CC/C=C\CC[C@@H]21. The van der Waals surface area contributed by atoms with Crippen molar-refractivity contribution in [3.05, 3.63) is 12.2 Å². The van der Waals surface area contributed by atoms with Crippen LogP contribution in [-0.4, -0.2) is 19.2 Å². The molecule has 0 aromatic rings. The summed E-state index contributed by atoms with van der Waals surface area (Å²) in [5, 5.41) is 2.91. The highest BCUT2D eigenvalue weighted by Gasteiger charge is 2.49. The Bertz CT molecular complexity index is 364. The van der Waals surface area contributed by atoms with E-state index in [1.54, 1.807) is 0 Å². The van der Waals surface area contributed by atoms with Crippen molar-refractivity contribution < 1.29 is 9.53 Å². The maximum absolute atomic E-state index is 11.8. The predicted molar refractivity (Wildman–Crippen MR) is 100 cm³/mol. The minimum absolute atomic E-state index is 0.213. The molecule has 1 amide bonds. The van der Waals surface area contributed by atoms with Crippen molar-refractivity contribution in [1.29, 1.82) is 0 Å². The first-order chi connectivity index (χ1) is 11.8. The number of ether oxygens (including phenoxy) is 1. The summed E-state index contributed by atoms with van der Waals surface area (Å²) < 4.78 is 5.44. The third-order valence-electron chi connectivity index (χ3n) is 5.72. The molecule has 2 aliphatic carbocycles. The third kappa shape index (κ3) is 7.27. The van der Waals surface area contributed by atoms with Gasteiger partial charge in [-0.2, -0.15) is 0 Å². The number of fused-ring (bicyclic) bond motifs is 1. The zero-order valence-electron chi connectivity index (χ0n) is 15.6. The van der Waals surface area contributed by atoms with Gasteiger partial charge in [0.05, 0.1) is 6.61 Å². The zero-order chi connectivity index (χ0) is 17.0. The fraction of sp³-hybridized carbons (Fsp3) is 0.857. The molecule has 0 aromatic heterocycles. The number of alkyl carbamates (subject to hydrolysis) is 1. The van der Waals surface area contributed by atoms with Crippen LogP contribution in [0.2, 0.25) is 0 Å². The van der Waals surface area contributed by atoms with E-state index in [9.17, 15) is 4.79 Å². The summed E-state index contributed by atoms with van der Waals surface area (Å²) >= 11 is 0. The Morgan fingerprint density at radius 1 is 0.958 bits per heavy atom. The number of hydrogen-bond donors (Lipinski definition) is 1. The van der Waals surface area contributed by atoms with Crippen LogP contribution >= 0.6 is 0 Å². The molecule has 3 atom stereocenters. The monoisotopic (exact) mass is 335 g/mol. The van der Waals surface area contributed by atoms with Crippen molar-refractivity contribution in [2.45, 2.75) is 84.0 Å². The maximum atomic E-state index is 11.8.